The van der Waals surface area contributed by atoms with Crippen molar-refractivity contribution in [1.82, 2.24) is 25.0 Å². The standard InChI is InChI=1S/C21H25N5OS/c1-3-10-25(18-8-9-22-12-18)21(27)19-14-28-20(24-19)16-11-23-26(13-16)17-6-4-15(2)5-7-17/h4-7,11,13-14,18,22H,3,8-10,12H2,1-2H3/t18-/m1/s1. The van der Waals surface area contributed by atoms with Gasteiger partial charge in [-0.15, -0.1) is 11.3 Å². The van der Waals surface area contributed by atoms with Gasteiger partial charge in [0.05, 0.1) is 11.9 Å². The van der Waals surface area contributed by atoms with Crippen molar-refractivity contribution in [3.8, 4) is 16.3 Å². The fraction of sp³-hybridized carbons (Fsp3) is 0.381. The van der Waals surface area contributed by atoms with Crippen molar-refractivity contribution in [2.45, 2.75) is 32.7 Å². The molecule has 1 aliphatic rings. The van der Waals surface area contributed by atoms with Gasteiger partial charge in [0.25, 0.3) is 5.91 Å². The molecule has 28 heavy (non-hydrogen) atoms. The van der Waals surface area contributed by atoms with E-state index >= 15 is 0 Å². The Morgan fingerprint density at radius 1 is 1.36 bits per heavy atom. The molecule has 0 radical (unpaired) electrons. The zero-order valence-electron chi connectivity index (χ0n) is 16.3. The summed E-state index contributed by atoms with van der Waals surface area (Å²) >= 11 is 1.49. The van der Waals surface area contributed by atoms with Gasteiger partial charge in [-0.2, -0.15) is 5.10 Å². The van der Waals surface area contributed by atoms with Gasteiger partial charge in [-0.25, -0.2) is 9.67 Å². The number of aryl methyl sites for hydroxylation is 1. The van der Waals surface area contributed by atoms with Gasteiger partial charge >= 0.3 is 0 Å². The number of nitrogens with zero attached hydrogens (tertiary/aromatic N) is 4. The van der Waals surface area contributed by atoms with Crippen LogP contribution < -0.4 is 5.32 Å². The van der Waals surface area contributed by atoms with E-state index in [1.54, 1.807) is 6.20 Å². The molecular formula is C21H25N5OS. The molecule has 7 heteroatoms. The van der Waals surface area contributed by atoms with Crippen molar-refractivity contribution in [3.05, 3.63) is 53.3 Å². The summed E-state index contributed by atoms with van der Waals surface area (Å²) in [5.41, 5.74) is 3.68. The SMILES string of the molecule is CCCN(C(=O)c1csc(-c2cnn(-c3ccc(C)cc3)c2)n1)[C@@H]1CCNC1. The molecule has 0 bridgehead atoms. The van der Waals surface area contributed by atoms with Crippen LogP contribution in [0.1, 0.15) is 35.8 Å². The second-order valence-electron chi connectivity index (χ2n) is 7.19. The minimum atomic E-state index is 0.0315. The molecule has 1 saturated heterocycles. The van der Waals surface area contributed by atoms with Crippen LogP contribution in [0.5, 0.6) is 0 Å². The smallest absolute Gasteiger partial charge is 0.273 e. The van der Waals surface area contributed by atoms with E-state index in [1.807, 2.05) is 33.3 Å². The lowest BCUT2D eigenvalue weighted by Crippen LogP contribution is -2.42. The number of aromatic nitrogens is 3. The van der Waals surface area contributed by atoms with Gasteiger partial charge in [0.15, 0.2) is 0 Å². The van der Waals surface area contributed by atoms with E-state index in [9.17, 15) is 4.79 Å². The Hall–Kier alpha value is -2.51. The first-order chi connectivity index (χ1) is 13.7. The third-order valence-corrected chi connectivity index (χ3v) is 5.94. The number of thiazole rings is 1. The van der Waals surface area contributed by atoms with Gasteiger partial charge in [0.1, 0.15) is 10.7 Å². The monoisotopic (exact) mass is 395 g/mol. The molecule has 3 aromatic rings. The zero-order valence-corrected chi connectivity index (χ0v) is 17.1. The Morgan fingerprint density at radius 2 is 2.18 bits per heavy atom. The summed E-state index contributed by atoms with van der Waals surface area (Å²) in [5.74, 6) is 0.0315. The second kappa shape index (κ2) is 8.24. The number of benzene rings is 1. The lowest BCUT2D eigenvalue weighted by molar-refractivity contribution is 0.0687. The minimum absolute atomic E-state index is 0.0315. The van der Waals surface area contributed by atoms with E-state index < -0.39 is 0 Å². The van der Waals surface area contributed by atoms with E-state index in [0.717, 1.165) is 48.7 Å². The topological polar surface area (TPSA) is 63.1 Å². The molecule has 0 spiro atoms. The maximum atomic E-state index is 13.0. The molecule has 1 N–H and O–H groups in total. The first-order valence-electron chi connectivity index (χ1n) is 9.75. The molecule has 146 valence electrons. The summed E-state index contributed by atoms with van der Waals surface area (Å²) in [5, 5.41) is 10.5. The maximum Gasteiger partial charge on any atom is 0.273 e. The molecule has 0 unspecified atom stereocenters. The lowest BCUT2D eigenvalue weighted by atomic mass is 10.2. The molecular weight excluding hydrogens is 370 g/mol. The largest absolute Gasteiger partial charge is 0.333 e. The molecule has 0 aliphatic carbocycles. The van der Waals surface area contributed by atoms with Crippen molar-refractivity contribution < 1.29 is 4.79 Å². The van der Waals surface area contributed by atoms with Gasteiger partial charge in [0, 0.05) is 36.3 Å². The fourth-order valence-corrected chi connectivity index (χ4v) is 4.29. The quantitative estimate of drug-likeness (QED) is 0.694. The Morgan fingerprint density at radius 3 is 2.89 bits per heavy atom. The lowest BCUT2D eigenvalue weighted by Gasteiger charge is -2.27. The van der Waals surface area contributed by atoms with Gasteiger partial charge in [-0.3, -0.25) is 4.79 Å². The summed E-state index contributed by atoms with van der Waals surface area (Å²) in [4.78, 5) is 19.7. The minimum Gasteiger partial charge on any atom is -0.333 e. The van der Waals surface area contributed by atoms with Crippen LogP contribution in [0.2, 0.25) is 0 Å². The van der Waals surface area contributed by atoms with Crippen LogP contribution in [0.4, 0.5) is 0 Å². The van der Waals surface area contributed by atoms with Crippen LogP contribution in [0.3, 0.4) is 0 Å². The molecule has 1 aliphatic heterocycles. The van der Waals surface area contributed by atoms with Gasteiger partial charge in [-0.1, -0.05) is 24.6 Å². The van der Waals surface area contributed by atoms with Crippen molar-refractivity contribution in [1.29, 1.82) is 0 Å². The number of nitrogens with one attached hydrogen (secondary N) is 1. The van der Waals surface area contributed by atoms with Crippen LogP contribution in [0.15, 0.2) is 42.0 Å². The molecule has 0 saturated carbocycles. The first-order valence-corrected chi connectivity index (χ1v) is 10.6. The van der Waals surface area contributed by atoms with Crippen LogP contribution in [-0.4, -0.2) is 51.2 Å². The number of rotatable bonds is 6. The highest BCUT2D eigenvalue weighted by Gasteiger charge is 2.28. The number of hydrogen-bond donors (Lipinski definition) is 1. The fourth-order valence-electron chi connectivity index (χ4n) is 3.52. The summed E-state index contributed by atoms with van der Waals surface area (Å²) in [6, 6.07) is 8.48. The number of hydrogen-bond acceptors (Lipinski definition) is 5. The van der Waals surface area contributed by atoms with Crippen molar-refractivity contribution >= 4 is 17.2 Å². The molecule has 1 amide bonds. The van der Waals surface area contributed by atoms with Crippen molar-refractivity contribution in [3.63, 3.8) is 0 Å². The van der Waals surface area contributed by atoms with Crippen molar-refractivity contribution in [2.24, 2.45) is 0 Å². The number of carbonyl (C=O) groups is 1. The Bertz CT molecular complexity index is 940. The molecule has 1 fully saturated rings. The normalized spacial score (nSPS) is 16.4. The van der Waals surface area contributed by atoms with Gasteiger partial charge < -0.3 is 10.2 Å². The summed E-state index contributed by atoms with van der Waals surface area (Å²) < 4.78 is 1.84. The number of carbonyl (C=O) groups excluding carboxylic acids is 1. The highest BCUT2D eigenvalue weighted by atomic mass is 32.1. The Labute approximate surface area is 169 Å². The van der Waals surface area contributed by atoms with E-state index in [4.69, 9.17) is 0 Å². The molecule has 4 rings (SSSR count). The molecule has 1 atom stereocenters. The summed E-state index contributed by atoms with van der Waals surface area (Å²) in [7, 11) is 0. The van der Waals surface area contributed by atoms with Crippen molar-refractivity contribution in [2.75, 3.05) is 19.6 Å². The highest BCUT2D eigenvalue weighted by molar-refractivity contribution is 7.13. The van der Waals surface area contributed by atoms with Crippen LogP contribution in [0.25, 0.3) is 16.3 Å². The zero-order chi connectivity index (χ0) is 19.5. The van der Waals surface area contributed by atoms with E-state index in [-0.39, 0.29) is 11.9 Å². The predicted octanol–water partition coefficient (Wildman–Crippen LogP) is 3.52. The highest BCUT2D eigenvalue weighted by Crippen LogP contribution is 2.25. The Kier molecular flexibility index (Phi) is 5.54. The first kappa shape index (κ1) is 18.8. The van der Waals surface area contributed by atoms with E-state index in [0.29, 0.717) is 5.69 Å². The second-order valence-corrected chi connectivity index (χ2v) is 8.05. The van der Waals surface area contributed by atoms with Gasteiger partial charge in [0.2, 0.25) is 0 Å². The summed E-state index contributed by atoms with van der Waals surface area (Å²) in [6.45, 7) is 6.78. The van der Waals surface area contributed by atoms with E-state index in [2.05, 4.69) is 41.4 Å². The third-order valence-electron chi connectivity index (χ3n) is 5.05. The summed E-state index contributed by atoms with van der Waals surface area (Å²) in [6.07, 6.45) is 5.72. The van der Waals surface area contributed by atoms with Crippen LogP contribution in [0, 0.1) is 6.92 Å². The average molecular weight is 396 g/mol. The Balaban J connectivity index is 1.54. The van der Waals surface area contributed by atoms with Gasteiger partial charge in [-0.05, 0) is 38.4 Å². The predicted molar refractivity (Wildman–Crippen MR) is 112 cm³/mol. The third kappa shape index (κ3) is 3.86. The maximum absolute atomic E-state index is 13.0. The van der Waals surface area contributed by atoms with Crippen LogP contribution >= 0.6 is 11.3 Å². The molecule has 3 heterocycles. The average Bonchev–Trinajstić information content (AvgIpc) is 3.47. The molecule has 6 nitrogen and oxygen atoms in total. The molecule has 1 aromatic carbocycles. The van der Waals surface area contributed by atoms with E-state index in [1.165, 1.54) is 16.9 Å². The molecule has 2 aromatic heterocycles. The number of amides is 1. The van der Waals surface area contributed by atoms with Crippen LogP contribution in [-0.2, 0) is 0 Å².